The maximum atomic E-state index is 12.6. The van der Waals surface area contributed by atoms with Crippen molar-refractivity contribution in [1.82, 2.24) is 0 Å². The Balaban J connectivity index is 4.31. The first kappa shape index (κ1) is 48.4. The van der Waals surface area contributed by atoms with Gasteiger partial charge in [0.25, 0.3) is 0 Å². The lowest BCUT2D eigenvalue weighted by Gasteiger charge is -2.18. The van der Waals surface area contributed by atoms with Crippen LogP contribution in [-0.4, -0.2) is 37.2 Å². The summed E-state index contributed by atoms with van der Waals surface area (Å²) in [6.07, 6.45) is 36.6. The minimum atomic E-state index is -0.757. The van der Waals surface area contributed by atoms with Crippen molar-refractivity contribution in [1.29, 1.82) is 0 Å². The minimum absolute atomic E-state index is 0.0644. The normalized spacial score (nSPS) is 11.9. The van der Waals surface area contributed by atoms with Gasteiger partial charge in [0.1, 0.15) is 13.2 Å². The number of carbonyl (C=O) groups excluding carboxylic acids is 3. The molecular weight excluding hydrogens is 624 g/mol. The van der Waals surface area contributed by atoms with Crippen LogP contribution in [-0.2, 0) is 28.6 Å². The fourth-order valence-corrected chi connectivity index (χ4v) is 6.45. The van der Waals surface area contributed by atoms with Gasteiger partial charge in [-0.1, -0.05) is 201 Å². The van der Waals surface area contributed by atoms with Crippen LogP contribution in [0.4, 0.5) is 0 Å². The number of hydrogen-bond donors (Lipinski definition) is 0. The first-order valence-electron chi connectivity index (χ1n) is 21.9. The molecule has 0 fully saturated rings. The third-order valence-corrected chi connectivity index (χ3v) is 9.79. The summed E-state index contributed by atoms with van der Waals surface area (Å²) in [5.74, 6) is -0.0421. The van der Waals surface area contributed by atoms with Crippen molar-refractivity contribution in [2.45, 2.75) is 246 Å². The number of unbranched alkanes of at least 4 members (excludes halogenated alkanes) is 26. The van der Waals surface area contributed by atoms with Crippen LogP contribution in [0.1, 0.15) is 240 Å². The molecule has 0 aliphatic rings. The lowest BCUT2D eigenvalue weighted by molar-refractivity contribution is -0.167. The lowest BCUT2D eigenvalue weighted by atomic mass is 10.0. The molecule has 0 spiro atoms. The van der Waals surface area contributed by atoms with Crippen LogP contribution in [0, 0.1) is 5.92 Å². The Hall–Kier alpha value is -1.59. The van der Waals surface area contributed by atoms with E-state index < -0.39 is 6.10 Å². The molecule has 0 unspecified atom stereocenters. The quantitative estimate of drug-likeness (QED) is 0.0359. The predicted molar refractivity (Wildman–Crippen MR) is 210 cm³/mol. The van der Waals surface area contributed by atoms with E-state index in [-0.39, 0.29) is 31.1 Å². The molecule has 0 aromatic carbocycles. The van der Waals surface area contributed by atoms with Crippen molar-refractivity contribution in [2.75, 3.05) is 13.2 Å². The smallest absolute Gasteiger partial charge is 0.306 e. The molecule has 0 radical (unpaired) electrons. The molecule has 0 heterocycles. The molecule has 50 heavy (non-hydrogen) atoms. The summed E-state index contributed by atoms with van der Waals surface area (Å²) in [7, 11) is 0. The van der Waals surface area contributed by atoms with Crippen LogP contribution in [0.15, 0.2) is 0 Å². The third kappa shape index (κ3) is 37.7. The first-order valence-corrected chi connectivity index (χ1v) is 21.9. The lowest BCUT2D eigenvalue weighted by Crippen LogP contribution is -2.30. The van der Waals surface area contributed by atoms with Crippen LogP contribution in [0.3, 0.4) is 0 Å². The molecule has 0 saturated heterocycles. The Morgan fingerprint density at radius 3 is 0.980 bits per heavy atom. The highest BCUT2D eigenvalue weighted by molar-refractivity contribution is 5.71. The third-order valence-electron chi connectivity index (χ3n) is 9.79. The van der Waals surface area contributed by atoms with E-state index in [1.54, 1.807) is 0 Å². The van der Waals surface area contributed by atoms with E-state index in [1.807, 2.05) is 0 Å². The highest BCUT2D eigenvalue weighted by Crippen LogP contribution is 2.16. The molecule has 6 heteroatoms. The zero-order valence-electron chi connectivity index (χ0n) is 33.9. The molecular formula is C44H84O6. The summed E-state index contributed by atoms with van der Waals surface area (Å²) in [4.78, 5) is 37.5. The maximum Gasteiger partial charge on any atom is 0.306 e. The molecule has 0 rings (SSSR count). The van der Waals surface area contributed by atoms with E-state index in [2.05, 4.69) is 27.7 Å². The number of carbonyl (C=O) groups is 3. The van der Waals surface area contributed by atoms with Crippen molar-refractivity contribution in [3.63, 3.8) is 0 Å². The molecule has 0 aromatic heterocycles. The molecule has 0 saturated carbocycles. The van der Waals surface area contributed by atoms with Crippen LogP contribution in [0.2, 0.25) is 0 Å². The Morgan fingerprint density at radius 1 is 0.380 bits per heavy atom. The zero-order chi connectivity index (χ0) is 36.8. The highest BCUT2D eigenvalue weighted by Gasteiger charge is 2.19. The molecule has 6 nitrogen and oxygen atoms in total. The van der Waals surface area contributed by atoms with Gasteiger partial charge in [0.05, 0.1) is 0 Å². The Kier molecular flexibility index (Phi) is 37.4. The molecule has 0 aliphatic carbocycles. The van der Waals surface area contributed by atoms with Gasteiger partial charge in [-0.15, -0.1) is 0 Å². The van der Waals surface area contributed by atoms with Crippen molar-refractivity contribution >= 4 is 17.9 Å². The van der Waals surface area contributed by atoms with Gasteiger partial charge in [-0.05, 0) is 25.2 Å². The predicted octanol–water partition coefficient (Wildman–Crippen LogP) is 13.6. The van der Waals surface area contributed by atoms with Crippen LogP contribution in [0.5, 0.6) is 0 Å². The summed E-state index contributed by atoms with van der Waals surface area (Å²) in [6, 6.07) is 0. The minimum Gasteiger partial charge on any atom is -0.462 e. The van der Waals surface area contributed by atoms with Crippen LogP contribution in [0.25, 0.3) is 0 Å². The first-order chi connectivity index (χ1) is 24.4. The van der Waals surface area contributed by atoms with Gasteiger partial charge in [0.2, 0.25) is 0 Å². The Labute approximate surface area is 310 Å². The van der Waals surface area contributed by atoms with E-state index in [0.29, 0.717) is 19.3 Å². The van der Waals surface area contributed by atoms with Crippen LogP contribution >= 0.6 is 0 Å². The second-order valence-corrected chi connectivity index (χ2v) is 15.5. The van der Waals surface area contributed by atoms with Crippen molar-refractivity contribution in [3.05, 3.63) is 0 Å². The number of esters is 3. The second kappa shape index (κ2) is 38.6. The number of ether oxygens (including phenoxy) is 3. The topological polar surface area (TPSA) is 78.9 Å². The van der Waals surface area contributed by atoms with E-state index in [0.717, 1.165) is 63.7 Å². The summed E-state index contributed by atoms with van der Waals surface area (Å²) in [5, 5.41) is 0. The molecule has 0 aliphatic heterocycles. The van der Waals surface area contributed by atoms with Gasteiger partial charge in [-0.2, -0.15) is 0 Å². The van der Waals surface area contributed by atoms with Gasteiger partial charge in [-0.25, -0.2) is 0 Å². The number of hydrogen-bond acceptors (Lipinski definition) is 6. The average molecular weight is 709 g/mol. The fraction of sp³-hybridized carbons (Fsp3) is 0.932. The monoisotopic (exact) mass is 709 g/mol. The fourth-order valence-electron chi connectivity index (χ4n) is 6.45. The Bertz CT molecular complexity index is 751. The average Bonchev–Trinajstić information content (AvgIpc) is 3.09. The number of rotatable bonds is 39. The van der Waals surface area contributed by atoms with Gasteiger partial charge in [0, 0.05) is 19.3 Å². The second-order valence-electron chi connectivity index (χ2n) is 15.5. The van der Waals surface area contributed by atoms with Gasteiger partial charge < -0.3 is 14.2 Å². The molecule has 296 valence electrons. The van der Waals surface area contributed by atoms with E-state index >= 15 is 0 Å². The Morgan fingerprint density at radius 2 is 0.660 bits per heavy atom. The van der Waals surface area contributed by atoms with E-state index in [4.69, 9.17) is 14.2 Å². The van der Waals surface area contributed by atoms with E-state index in [1.165, 1.54) is 135 Å². The van der Waals surface area contributed by atoms with E-state index in [9.17, 15) is 14.4 Å². The van der Waals surface area contributed by atoms with Crippen molar-refractivity contribution in [2.24, 2.45) is 5.92 Å². The van der Waals surface area contributed by atoms with Crippen LogP contribution < -0.4 is 0 Å². The van der Waals surface area contributed by atoms with Crippen molar-refractivity contribution < 1.29 is 28.6 Å². The van der Waals surface area contributed by atoms with Crippen molar-refractivity contribution in [3.8, 4) is 0 Å². The summed E-state index contributed by atoms with van der Waals surface area (Å²) in [5.41, 5.74) is 0. The molecule has 0 amide bonds. The molecule has 0 N–H and O–H groups in total. The molecule has 1 atom stereocenters. The van der Waals surface area contributed by atoms with Gasteiger partial charge in [-0.3, -0.25) is 14.4 Å². The maximum absolute atomic E-state index is 12.6. The molecule has 0 bridgehead atoms. The summed E-state index contributed by atoms with van der Waals surface area (Å²) < 4.78 is 16.7. The largest absolute Gasteiger partial charge is 0.462 e. The molecule has 0 aromatic rings. The summed E-state index contributed by atoms with van der Waals surface area (Å²) in [6.45, 7) is 8.95. The SMILES string of the molecule is CCCCCCCCCCCCC(=O)O[C@@H](COC(=O)CCCCCCCCCCC)COC(=O)CCCCCCCCCCCCC(C)C. The summed E-state index contributed by atoms with van der Waals surface area (Å²) >= 11 is 0. The zero-order valence-corrected chi connectivity index (χ0v) is 33.9. The highest BCUT2D eigenvalue weighted by atomic mass is 16.6. The standard InChI is InChI=1S/C44H84O6/c1-5-7-9-11-13-15-20-25-29-33-37-44(47)50-41(38-48-42(45)35-31-27-23-18-14-12-10-8-6-2)39-49-43(46)36-32-28-24-21-17-16-19-22-26-30-34-40(3)4/h40-41H,5-39H2,1-4H3/t41-/m0/s1. The van der Waals surface area contributed by atoms with Gasteiger partial charge in [0.15, 0.2) is 6.10 Å². The van der Waals surface area contributed by atoms with Gasteiger partial charge >= 0.3 is 17.9 Å².